The first-order valence-corrected chi connectivity index (χ1v) is 7.16. The molecule has 1 aromatic carbocycles. The number of ether oxygens (including phenoxy) is 1. The van der Waals surface area contributed by atoms with Gasteiger partial charge in [-0.15, -0.1) is 0 Å². The molecule has 1 aromatic rings. The second-order valence-electron chi connectivity index (χ2n) is 4.07. The number of benzene rings is 1. The molecule has 0 heterocycles. The van der Waals surface area contributed by atoms with Crippen LogP contribution in [0.3, 0.4) is 0 Å². The molecule has 5 nitrogen and oxygen atoms in total. The average Bonchev–Trinajstić information content (AvgIpc) is 2.35. The highest BCUT2D eigenvalue weighted by Gasteiger charge is 2.15. The third-order valence-corrected chi connectivity index (χ3v) is 3.67. The van der Waals surface area contributed by atoms with Crippen LogP contribution in [0, 0.1) is 17.1 Å². The van der Waals surface area contributed by atoms with E-state index in [1.54, 1.807) is 6.07 Å². The molecule has 0 aliphatic carbocycles. The molecule has 0 bridgehead atoms. The lowest BCUT2D eigenvalue weighted by atomic mass is 10.2. The van der Waals surface area contributed by atoms with E-state index in [0.29, 0.717) is 0 Å². The van der Waals surface area contributed by atoms with Crippen molar-refractivity contribution in [3.63, 3.8) is 0 Å². The lowest BCUT2D eigenvalue weighted by molar-refractivity contribution is 0.0834. The lowest BCUT2D eigenvalue weighted by Crippen LogP contribution is -2.28. The molecule has 0 amide bonds. The zero-order valence-electron chi connectivity index (χ0n) is 10.7. The molecule has 19 heavy (non-hydrogen) atoms. The number of hydrogen-bond donors (Lipinski definition) is 1. The number of hydrogen-bond acceptors (Lipinski definition) is 4. The van der Waals surface area contributed by atoms with E-state index in [2.05, 4.69) is 4.72 Å². The summed E-state index contributed by atoms with van der Waals surface area (Å²) in [5.41, 5.74) is -0.304. The van der Waals surface area contributed by atoms with Gasteiger partial charge in [0.15, 0.2) is 0 Å². The van der Waals surface area contributed by atoms with E-state index in [1.165, 1.54) is 0 Å². The summed E-state index contributed by atoms with van der Waals surface area (Å²) in [5.74, 6) is -0.746. The van der Waals surface area contributed by atoms with Crippen molar-refractivity contribution in [1.82, 2.24) is 4.72 Å². The summed E-state index contributed by atoms with van der Waals surface area (Å²) in [6, 6.07) is 4.67. The Morgan fingerprint density at radius 1 is 1.47 bits per heavy atom. The van der Waals surface area contributed by atoms with Crippen molar-refractivity contribution in [1.29, 1.82) is 5.26 Å². The summed E-state index contributed by atoms with van der Waals surface area (Å²) in [6.45, 7) is 4.03. The van der Waals surface area contributed by atoms with Gasteiger partial charge in [-0.3, -0.25) is 0 Å². The zero-order valence-corrected chi connectivity index (χ0v) is 11.5. The normalized spacial score (nSPS) is 11.5. The van der Waals surface area contributed by atoms with Crippen molar-refractivity contribution in [3.05, 3.63) is 29.6 Å². The standard InChI is InChI=1S/C12H15FN2O3S/c1-9(2)18-6-5-15-19(16,17)11-3-4-12(13)10(7-11)8-14/h3-4,7,9,15H,5-6H2,1-2H3. The van der Waals surface area contributed by atoms with Crippen LogP contribution >= 0.6 is 0 Å². The van der Waals surface area contributed by atoms with E-state index in [4.69, 9.17) is 10.00 Å². The molecule has 0 aliphatic heterocycles. The first-order valence-electron chi connectivity index (χ1n) is 5.67. The molecule has 1 N–H and O–H groups in total. The molecule has 0 spiro atoms. The van der Waals surface area contributed by atoms with Crippen molar-refractivity contribution < 1.29 is 17.5 Å². The summed E-state index contributed by atoms with van der Waals surface area (Å²) in [6.07, 6.45) is 0.0144. The minimum atomic E-state index is -3.76. The van der Waals surface area contributed by atoms with Gasteiger partial charge in [0.25, 0.3) is 0 Å². The maximum atomic E-state index is 13.1. The Kier molecular flexibility index (Phi) is 5.42. The third-order valence-electron chi connectivity index (χ3n) is 2.21. The highest BCUT2D eigenvalue weighted by atomic mass is 32.2. The molecule has 0 atom stereocenters. The van der Waals surface area contributed by atoms with Crippen LogP contribution in [0.5, 0.6) is 0 Å². The Morgan fingerprint density at radius 3 is 2.74 bits per heavy atom. The first-order chi connectivity index (χ1) is 8.86. The number of nitriles is 1. The molecule has 0 saturated carbocycles. The van der Waals surface area contributed by atoms with Crippen molar-refractivity contribution in [2.24, 2.45) is 0 Å². The van der Waals surface area contributed by atoms with Gasteiger partial charge in [-0.05, 0) is 32.0 Å². The molecule has 104 valence electrons. The number of sulfonamides is 1. The average molecular weight is 286 g/mol. The number of halogens is 1. The third kappa shape index (κ3) is 4.59. The molecule has 1 rings (SSSR count). The van der Waals surface area contributed by atoms with Crippen molar-refractivity contribution in [2.45, 2.75) is 24.8 Å². The van der Waals surface area contributed by atoms with Crippen molar-refractivity contribution >= 4 is 10.0 Å². The predicted molar refractivity (Wildman–Crippen MR) is 67.4 cm³/mol. The Labute approximate surface area is 112 Å². The zero-order chi connectivity index (χ0) is 14.5. The van der Waals surface area contributed by atoms with E-state index in [0.717, 1.165) is 18.2 Å². The van der Waals surface area contributed by atoms with Crippen LogP contribution in [-0.4, -0.2) is 27.7 Å². The van der Waals surface area contributed by atoms with E-state index >= 15 is 0 Å². The Hall–Kier alpha value is -1.49. The van der Waals surface area contributed by atoms with Crippen LogP contribution < -0.4 is 4.72 Å². The smallest absolute Gasteiger partial charge is 0.240 e. The fourth-order valence-corrected chi connectivity index (χ4v) is 2.35. The van der Waals surface area contributed by atoms with Gasteiger partial charge < -0.3 is 4.74 Å². The second kappa shape index (κ2) is 6.61. The molecule has 0 unspecified atom stereocenters. The van der Waals surface area contributed by atoms with E-state index < -0.39 is 15.8 Å². The van der Waals surface area contributed by atoms with Crippen molar-refractivity contribution in [2.75, 3.05) is 13.2 Å². The van der Waals surface area contributed by atoms with Crippen LogP contribution in [0.1, 0.15) is 19.4 Å². The van der Waals surface area contributed by atoms with Gasteiger partial charge in [-0.25, -0.2) is 17.5 Å². The molecule has 0 aliphatic rings. The quantitative estimate of drug-likeness (QED) is 0.802. The largest absolute Gasteiger partial charge is 0.377 e. The van der Waals surface area contributed by atoms with Gasteiger partial charge >= 0.3 is 0 Å². The topological polar surface area (TPSA) is 79.2 Å². The van der Waals surface area contributed by atoms with Crippen LogP contribution in [0.2, 0.25) is 0 Å². The summed E-state index contributed by atoms with van der Waals surface area (Å²) < 4.78 is 44.3. The minimum Gasteiger partial charge on any atom is -0.377 e. The summed E-state index contributed by atoms with van der Waals surface area (Å²) in [5, 5.41) is 8.66. The maximum Gasteiger partial charge on any atom is 0.240 e. The second-order valence-corrected chi connectivity index (χ2v) is 5.84. The highest BCUT2D eigenvalue weighted by molar-refractivity contribution is 7.89. The molecule has 0 radical (unpaired) electrons. The number of rotatable bonds is 6. The Balaban J connectivity index is 2.75. The molecular formula is C12H15FN2O3S. The summed E-state index contributed by atoms with van der Waals surface area (Å²) in [4.78, 5) is -0.144. The lowest BCUT2D eigenvalue weighted by Gasteiger charge is -2.09. The molecular weight excluding hydrogens is 271 g/mol. The first kappa shape index (κ1) is 15.6. The van der Waals surface area contributed by atoms with Gasteiger partial charge in [0.2, 0.25) is 10.0 Å². The Bertz CT molecular complexity index is 579. The van der Waals surface area contributed by atoms with E-state index in [9.17, 15) is 12.8 Å². The van der Waals surface area contributed by atoms with Gasteiger partial charge in [0.05, 0.1) is 23.2 Å². The molecule has 0 fully saturated rings. The van der Waals surface area contributed by atoms with Gasteiger partial charge in [0, 0.05) is 6.54 Å². The van der Waals surface area contributed by atoms with Crippen LogP contribution in [0.4, 0.5) is 4.39 Å². The maximum absolute atomic E-state index is 13.1. The van der Waals surface area contributed by atoms with Crippen LogP contribution in [0.15, 0.2) is 23.1 Å². The molecule has 7 heteroatoms. The fraction of sp³-hybridized carbons (Fsp3) is 0.417. The number of nitrogens with zero attached hydrogens (tertiary/aromatic N) is 1. The van der Waals surface area contributed by atoms with E-state index in [-0.39, 0.29) is 29.7 Å². The van der Waals surface area contributed by atoms with Crippen molar-refractivity contribution in [3.8, 4) is 6.07 Å². The van der Waals surface area contributed by atoms with Gasteiger partial charge in [-0.2, -0.15) is 5.26 Å². The van der Waals surface area contributed by atoms with Gasteiger partial charge in [0.1, 0.15) is 11.9 Å². The molecule has 0 aromatic heterocycles. The van der Waals surface area contributed by atoms with Gasteiger partial charge in [-0.1, -0.05) is 0 Å². The Morgan fingerprint density at radius 2 is 2.16 bits per heavy atom. The minimum absolute atomic E-state index is 0.0144. The van der Waals surface area contributed by atoms with E-state index in [1.807, 2.05) is 13.8 Å². The fourth-order valence-electron chi connectivity index (χ4n) is 1.31. The summed E-state index contributed by atoms with van der Waals surface area (Å²) >= 11 is 0. The predicted octanol–water partition coefficient (Wildman–Crippen LogP) is 1.40. The highest BCUT2D eigenvalue weighted by Crippen LogP contribution is 2.14. The summed E-state index contributed by atoms with van der Waals surface area (Å²) in [7, 11) is -3.76. The SMILES string of the molecule is CC(C)OCCNS(=O)(=O)c1ccc(F)c(C#N)c1. The molecule has 0 saturated heterocycles. The van der Waals surface area contributed by atoms with Crippen LogP contribution in [-0.2, 0) is 14.8 Å². The number of nitrogens with one attached hydrogen (secondary N) is 1. The monoisotopic (exact) mass is 286 g/mol. The van der Waals surface area contributed by atoms with Crippen LogP contribution in [0.25, 0.3) is 0 Å².